The molecule has 0 bridgehead atoms. The third kappa shape index (κ3) is 2.48. The van der Waals surface area contributed by atoms with Gasteiger partial charge in [-0.2, -0.15) is 0 Å². The molecule has 94 valence electrons. The molecule has 0 saturated carbocycles. The number of aliphatic carboxylic acids is 1. The number of benzene rings is 1. The molecular formula is C12H12N2O3S. The molecule has 1 aliphatic rings. The highest BCUT2D eigenvalue weighted by atomic mass is 32.1. The van der Waals surface area contributed by atoms with Crippen LogP contribution in [0.15, 0.2) is 30.3 Å². The second-order valence-electron chi connectivity index (χ2n) is 3.97. The molecule has 2 rings (SSSR count). The van der Waals surface area contributed by atoms with Crippen molar-refractivity contribution in [1.29, 1.82) is 0 Å². The van der Waals surface area contributed by atoms with Gasteiger partial charge in [0.05, 0.1) is 6.54 Å². The number of thiocarbonyl (C=S) groups is 1. The van der Waals surface area contributed by atoms with Gasteiger partial charge in [-0.3, -0.25) is 9.69 Å². The fourth-order valence-electron chi connectivity index (χ4n) is 1.88. The number of hydrogen-bond donors (Lipinski definition) is 2. The maximum atomic E-state index is 11.6. The highest BCUT2D eigenvalue weighted by Gasteiger charge is 2.36. The SMILES string of the molecule is O=C(O)[C@@H](Cc1ccccc1)N1C(=O)CNC1=S. The van der Waals surface area contributed by atoms with E-state index in [0.717, 1.165) is 10.5 Å². The van der Waals surface area contributed by atoms with Crippen LogP contribution >= 0.6 is 12.2 Å². The Morgan fingerprint density at radius 2 is 2.11 bits per heavy atom. The summed E-state index contributed by atoms with van der Waals surface area (Å²) in [6.07, 6.45) is 0.240. The predicted octanol–water partition coefficient (Wildman–Crippen LogP) is 0.399. The third-order valence-electron chi connectivity index (χ3n) is 2.75. The summed E-state index contributed by atoms with van der Waals surface area (Å²) in [7, 11) is 0. The Morgan fingerprint density at radius 3 is 2.61 bits per heavy atom. The van der Waals surface area contributed by atoms with E-state index in [0.29, 0.717) is 0 Å². The maximum absolute atomic E-state index is 11.6. The smallest absolute Gasteiger partial charge is 0.327 e. The first kappa shape index (κ1) is 12.5. The van der Waals surface area contributed by atoms with Gasteiger partial charge in [0.2, 0.25) is 5.91 Å². The van der Waals surface area contributed by atoms with Crippen LogP contribution in [0.3, 0.4) is 0 Å². The van der Waals surface area contributed by atoms with Crippen molar-refractivity contribution in [2.45, 2.75) is 12.5 Å². The number of carbonyl (C=O) groups excluding carboxylic acids is 1. The fourth-order valence-corrected chi connectivity index (χ4v) is 2.18. The van der Waals surface area contributed by atoms with E-state index in [2.05, 4.69) is 5.32 Å². The van der Waals surface area contributed by atoms with Crippen LogP contribution in [0.4, 0.5) is 0 Å². The number of nitrogens with one attached hydrogen (secondary N) is 1. The zero-order chi connectivity index (χ0) is 13.1. The average Bonchev–Trinajstić information content (AvgIpc) is 2.67. The molecule has 0 aromatic heterocycles. The second kappa shape index (κ2) is 5.14. The monoisotopic (exact) mass is 264 g/mol. The van der Waals surface area contributed by atoms with Crippen molar-refractivity contribution in [2.24, 2.45) is 0 Å². The Labute approximate surface area is 109 Å². The molecule has 1 atom stereocenters. The normalized spacial score (nSPS) is 16.6. The lowest BCUT2D eigenvalue weighted by molar-refractivity contribution is -0.145. The molecule has 6 heteroatoms. The fraction of sp³-hybridized carbons (Fsp3) is 0.250. The summed E-state index contributed by atoms with van der Waals surface area (Å²) in [5.41, 5.74) is 0.854. The van der Waals surface area contributed by atoms with E-state index >= 15 is 0 Å². The molecule has 2 N–H and O–H groups in total. The van der Waals surface area contributed by atoms with E-state index in [9.17, 15) is 14.7 Å². The van der Waals surface area contributed by atoms with Gasteiger partial charge in [0.25, 0.3) is 0 Å². The minimum absolute atomic E-state index is 0.0669. The molecule has 1 fully saturated rings. The number of rotatable bonds is 4. The molecular weight excluding hydrogens is 252 g/mol. The first-order valence-corrected chi connectivity index (χ1v) is 5.87. The van der Waals surface area contributed by atoms with Crippen LogP contribution in [0.1, 0.15) is 5.56 Å². The van der Waals surface area contributed by atoms with E-state index in [-0.39, 0.29) is 24.0 Å². The molecule has 1 aromatic carbocycles. The molecule has 5 nitrogen and oxygen atoms in total. The number of amides is 1. The van der Waals surface area contributed by atoms with Gasteiger partial charge in [-0.25, -0.2) is 4.79 Å². The van der Waals surface area contributed by atoms with Crippen molar-refractivity contribution in [1.82, 2.24) is 10.2 Å². The quantitative estimate of drug-likeness (QED) is 0.770. The molecule has 1 aliphatic heterocycles. The van der Waals surface area contributed by atoms with Gasteiger partial charge in [0.15, 0.2) is 5.11 Å². The summed E-state index contributed by atoms with van der Waals surface area (Å²) in [6, 6.07) is 8.21. The number of hydrogen-bond acceptors (Lipinski definition) is 3. The Morgan fingerprint density at radius 1 is 1.44 bits per heavy atom. The number of carbonyl (C=O) groups is 2. The van der Waals surface area contributed by atoms with Crippen molar-refractivity contribution in [3.8, 4) is 0 Å². The highest BCUT2D eigenvalue weighted by molar-refractivity contribution is 7.80. The Balaban J connectivity index is 2.21. The lowest BCUT2D eigenvalue weighted by Crippen LogP contribution is -2.46. The number of carboxylic acids is 1. The molecule has 1 amide bonds. The summed E-state index contributed by atoms with van der Waals surface area (Å²) in [5.74, 6) is -1.36. The second-order valence-corrected chi connectivity index (χ2v) is 4.35. The topological polar surface area (TPSA) is 69.6 Å². The van der Waals surface area contributed by atoms with Crippen LogP contribution in [-0.2, 0) is 16.0 Å². The molecule has 0 spiro atoms. The highest BCUT2D eigenvalue weighted by Crippen LogP contribution is 2.13. The van der Waals surface area contributed by atoms with Gasteiger partial charge in [-0.1, -0.05) is 30.3 Å². The van der Waals surface area contributed by atoms with Crippen LogP contribution in [0.25, 0.3) is 0 Å². The van der Waals surface area contributed by atoms with Gasteiger partial charge in [0.1, 0.15) is 6.04 Å². The van der Waals surface area contributed by atoms with Gasteiger partial charge in [-0.05, 0) is 17.8 Å². The number of carboxylic acid groups (broad SMARTS) is 1. The molecule has 0 aliphatic carbocycles. The van der Waals surface area contributed by atoms with Crippen molar-refractivity contribution in [2.75, 3.05) is 6.54 Å². The predicted molar refractivity (Wildman–Crippen MR) is 69.0 cm³/mol. The first-order chi connectivity index (χ1) is 8.59. The maximum Gasteiger partial charge on any atom is 0.327 e. The molecule has 1 heterocycles. The van der Waals surface area contributed by atoms with E-state index in [1.165, 1.54) is 0 Å². The van der Waals surface area contributed by atoms with Gasteiger partial charge < -0.3 is 10.4 Å². The van der Waals surface area contributed by atoms with Gasteiger partial charge >= 0.3 is 5.97 Å². The van der Waals surface area contributed by atoms with Gasteiger partial charge in [0, 0.05) is 6.42 Å². The summed E-state index contributed by atoms with van der Waals surface area (Å²) < 4.78 is 0. The van der Waals surface area contributed by atoms with Gasteiger partial charge in [-0.15, -0.1) is 0 Å². The van der Waals surface area contributed by atoms with E-state index in [4.69, 9.17) is 12.2 Å². The van der Waals surface area contributed by atoms with Crippen molar-refractivity contribution in [3.05, 3.63) is 35.9 Å². The zero-order valence-electron chi connectivity index (χ0n) is 9.50. The average molecular weight is 264 g/mol. The van der Waals surface area contributed by atoms with Crippen LogP contribution < -0.4 is 5.32 Å². The minimum atomic E-state index is -1.06. The molecule has 0 radical (unpaired) electrons. The van der Waals surface area contributed by atoms with Crippen molar-refractivity contribution >= 4 is 29.2 Å². The summed E-state index contributed by atoms with van der Waals surface area (Å²) in [5, 5.41) is 12.1. The Hall–Kier alpha value is -1.95. The summed E-state index contributed by atoms with van der Waals surface area (Å²) in [4.78, 5) is 24.1. The summed E-state index contributed by atoms with van der Waals surface area (Å²) in [6.45, 7) is 0.0669. The molecule has 1 aromatic rings. The van der Waals surface area contributed by atoms with E-state index in [1.807, 2.05) is 30.3 Å². The van der Waals surface area contributed by atoms with Crippen LogP contribution in [0.5, 0.6) is 0 Å². The Bertz CT molecular complexity index is 473. The summed E-state index contributed by atoms with van der Waals surface area (Å²) >= 11 is 4.96. The third-order valence-corrected chi connectivity index (χ3v) is 3.09. The molecule has 18 heavy (non-hydrogen) atoms. The van der Waals surface area contributed by atoms with Crippen LogP contribution in [0.2, 0.25) is 0 Å². The molecule has 1 saturated heterocycles. The lowest BCUT2D eigenvalue weighted by Gasteiger charge is -2.23. The standard InChI is InChI=1S/C12H12N2O3S/c15-10-7-13-12(18)14(10)9(11(16)17)6-8-4-2-1-3-5-8/h1-5,9H,6-7H2,(H,13,18)(H,16,17)/t9-/m1/s1. The van der Waals surface area contributed by atoms with E-state index in [1.54, 1.807) is 0 Å². The Kier molecular flexibility index (Phi) is 3.57. The molecule has 0 unspecified atom stereocenters. The minimum Gasteiger partial charge on any atom is -0.480 e. The van der Waals surface area contributed by atoms with Crippen molar-refractivity contribution < 1.29 is 14.7 Å². The van der Waals surface area contributed by atoms with Crippen molar-refractivity contribution in [3.63, 3.8) is 0 Å². The van der Waals surface area contributed by atoms with Crippen LogP contribution in [0, 0.1) is 0 Å². The van der Waals surface area contributed by atoms with Crippen LogP contribution in [-0.4, -0.2) is 39.6 Å². The zero-order valence-corrected chi connectivity index (χ0v) is 10.3. The lowest BCUT2D eigenvalue weighted by atomic mass is 10.1. The number of nitrogens with zero attached hydrogens (tertiary/aromatic N) is 1. The first-order valence-electron chi connectivity index (χ1n) is 5.46. The largest absolute Gasteiger partial charge is 0.480 e. The van der Waals surface area contributed by atoms with E-state index < -0.39 is 12.0 Å².